The second kappa shape index (κ2) is 6.55. The molecule has 0 spiro atoms. The van der Waals surface area contributed by atoms with E-state index in [0.717, 1.165) is 44.5 Å². The summed E-state index contributed by atoms with van der Waals surface area (Å²) < 4.78 is 0. The molecule has 1 aromatic rings. The van der Waals surface area contributed by atoms with Crippen LogP contribution in [-0.2, 0) is 6.54 Å². The van der Waals surface area contributed by atoms with Crippen LogP contribution in [0.4, 0.5) is 0 Å². The molecule has 0 atom stereocenters. The van der Waals surface area contributed by atoms with Gasteiger partial charge in [-0.25, -0.2) is 0 Å². The third-order valence-electron chi connectivity index (χ3n) is 4.58. The minimum atomic E-state index is 0.236. The second-order valence-electron chi connectivity index (χ2n) is 5.78. The highest BCUT2D eigenvalue weighted by molar-refractivity contribution is 5.32. The molecule has 0 aromatic heterocycles. The first-order valence-electron chi connectivity index (χ1n) is 7.30. The number of benzene rings is 1. The Morgan fingerprint density at radius 2 is 2.00 bits per heavy atom. The predicted molar refractivity (Wildman–Crippen MR) is 78.6 cm³/mol. The van der Waals surface area contributed by atoms with Gasteiger partial charge in [-0.05, 0) is 55.5 Å². The van der Waals surface area contributed by atoms with Crippen LogP contribution in [0.3, 0.4) is 0 Å². The first kappa shape index (κ1) is 14.6. The van der Waals surface area contributed by atoms with Gasteiger partial charge in [-0.1, -0.05) is 19.1 Å². The van der Waals surface area contributed by atoms with E-state index in [2.05, 4.69) is 30.0 Å². The highest BCUT2D eigenvalue weighted by atomic mass is 15.1. The highest BCUT2D eigenvalue weighted by Crippen LogP contribution is 2.38. The standard InChI is InChI=1S/C17H21N3/c1-2-17(6-9-18)7-10-20(11-8-17)14-16-5-3-4-15(12-16)13-19/h3-5,12H,2,6-8,10-11,14H2,1H3. The van der Waals surface area contributed by atoms with E-state index in [1.54, 1.807) is 0 Å². The van der Waals surface area contributed by atoms with Gasteiger partial charge in [-0.15, -0.1) is 0 Å². The zero-order chi connectivity index (χ0) is 14.4. The van der Waals surface area contributed by atoms with Crippen LogP contribution < -0.4 is 0 Å². The van der Waals surface area contributed by atoms with Crippen LogP contribution in [0.1, 0.15) is 43.7 Å². The average Bonchev–Trinajstić information content (AvgIpc) is 2.50. The Hall–Kier alpha value is -1.84. The fourth-order valence-electron chi connectivity index (χ4n) is 3.01. The van der Waals surface area contributed by atoms with Crippen molar-refractivity contribution in [1.82, 2.24) is 4.90 Å². The zero-order valence-corrected chi connectivity index (χ0v) is 12.1. The van der Waals surface area contributed by atoms with Crippen molar-refractivity contribution < 1.29 is 0 Å². The van der Waals surface area contributed by atoms with E-state index in [9.17, 15) is 0 Å². The lowest BCUT2D eigenvalue weighted by Crippen LogP contribution is -2.39. The van der Waals surface area contributed by atoms with Gasteiger partial charge in [-0.3, -0.25) is 4.90 Å². The maximum Gasteiger partial charge on any atom is 0.0991 e. The van der Waals surface area contributed by atoms with Crippen LogP contribution >= 0.6 is 0 Å². The van der Waals surface area contributed by atoms with Gasteiger partial charge >= 0.3 is 0 Å². The Labute approximate surface area is 121 Å². The van der Waals surface area contributed by atoms with Gasteiger partial charge in [0.2, 0.25) is 0 Å². The lowest BCUT2D eigenvalue weighted by molar-refractivity contribution is 0.0979. The fraction of sp³-hybridized carbons (Fsp3) is 0.529. The lowest BCUT2D eigenvalue weighted by Gasteiger charge is -2.40. The molecule has 1 aliphatic heterocycles. The van der Waals surface area contributed by atoms with Gasteiger partial charge in [-0.2, -0.15) is 10.5 Å². The molecule has 1 fully saturated rings. The summed E-state index contributed by atoms with van der Waals surface area (Å²) in [6.07, 6.45) is 3.99. The molecule has 1 saturated heterocycles. The lowest BCUT2D eigenvalue weighted by atomic mass is 9.74. The predicted octanol–water partition coefficient (Wildman–Crippen LogP) is 3.46. The van der Waals surface area contributed by atoms with Crippen molar-refractivity contribution in [2.75, 3.05) is 13.1 Å². The SMILES string of the molecule is CCC1(CC#N)CCN(Cc2cccc(C#N)c2)CC1. The minimum absolute atomic E-state index is 0.236. The van der Waals surface area contributed by atoms with E-state index in [0.29, 0.717) is 6.42 Å². The molecule has 1 aromatic carbocycles. The fourth-order valence-corrected chi connectivity index (χ4v) is 3.01. The van der Waals surface area contributed by atoms with Crippen molar-refractivity contribution in [3.63, 3.8) is 0 Å². The van der Waals surface area contributed by atoms with Gasteiger partial charge in [0.1, 0.15) is 0 Å². The molecule has 1 heterocycles. The molecule has 1 aliphatic rings. The first-order chi connectivity index (χ1) is 9.71. The summed E-state index contributed by atoms with van der Waals surface area (Å²) in [6.45, 7) is 5.20. The second-order valence-corrected chi connectivity index (χ2v) is 5.78. The summed E-state index contributed by atoms with van der Waals surface area (Å²) in [7, 11) is 0. The van der Waals surface area contributed by atoms with Crippen LogP contribution in [0.5, 0.6) is 0 Å². The quantitative estimate of drug-likeness (QED) is 0.839. The molecule has 3 nitrogen and oxygen atoms in total. The molecule has 0 saturated carbocycles. The van der Waals surface area contributed by atoms with Gasteiger partial charge in [0, 0.05) is 13.0 Å². The number of likely N-dealkylation sites (tertiary alicyclic amines) is 1. The molecule has 104 valence electrons. The maximum absolute atomic E-state index is 8.98. The van der Waals surface area contributed by atoms with Crippen molar-refractivity contribution in [2.24, 2.45) is 5.41 Å². The Bertz CT molecular complexity index is 528. The van der Waals surface area contributed by atoms with Gasteiger partial charge < -0.3 is 0 Å². The van der Waals surface area contributed by atoms with E-state index < -0.39 is 0 Å². The van der Waals surface area contributed by atoms with Gasteiger partial charge in [0.25, 0.3) is 0 Å². The molecule has 3 heteroatoms. The number of nitriles is 2. The van der Waals surface area contributed by atoms with Crippen molar-refractivity contribution in [3.8, 4) is 12.1 Å². The summed E-state index contributed by atoms with van der Waals surface area (Å²) in [5.41, 5.74) is 2.17. The molecule has 0 amide bonds. The van der Waals surface area contributed by atoms with E-state index in [1.807, 2.05) is 18.2 Å². The van der Waals surface area contributed by atoms with Crippen LogP contribution in [-0.4, -0.2) is 18.0 Å². The molecule has 20 heavy (non-hydrogen) atoms. The van der Waals surface area contributed by atoms with Crippen molar-refractivity contribution in [3.05, 3.63) is 35.4 Å². The molecular weight excluding hydrogens is 246 g/mol. The normalized spacial score (nSPS) is 18.1. The summed E-state index contributed by atoms with van der Waals surface area (Å²) in [5.74, 6) is 0. The Balaban J connectivity index is 1.94. The molecule has 0 unspecified atom stereocenters. The Morgan fingerprint density at radius 1 is 1.25 bits per heavy atom. The summed E-state index contributed by atoms with van der Waals surface area (Å²) in [4.78, 5) is 2.43. The third kappa shape index (κ3) is 3.38. The smallest absolute Gasteiger partial charge is 0.0991 e. The number of hydrogen-bond acceptors (Lipinski definition) is 3. The highest BCUT2D eigenvalue weighted by Gasteiger charge is 2.32. The van der Waals surface area contributed by atoms with Gasteiger partial charge in [0.05, 0.1) is 17.7 Å². The summed E-state index contributed by atoms with van der Waals surface area (Å²) in [5, 5.41) is 17.9. The van der Waals surface area contributed by atoms with Crippen molar-refractivity contribution >= 4 is 0 Å². The monoisotopic (exact) mass is 267 g/mol. The summed E-state index contributed by atoms with van der Waals surface area (Å²) in [6, 6.07) is 12.4. The summed E-state index contributed by atoms with van der Waals surface area (Å²) >= 11 is 0. The Kier molecular flexibility index (Phi) is 4.77. The first-order valence-corrected chi connectivity index (χ1v) is 7.30. The van der Waals surface area contributed by atoms with E-state index in [1.165, 1.54) is 5.56 Å². The number of nitrogens with zero attached hydrogens (tertiary/aromatic N) is 3. The van der Waals surface area contributed by atoms with Crippen LogP contribution in [0.2, 0.25) is 0 Å². The number of rotatable bonds is 4. The van der Waals surface area contributed by atoms with Crippen molar-refractivity contribution in [2.45, 2.75) is 39.2 Å². The molecule has 0 bridgehead atoms. The minimum Gasteiger partial charge on any atom is -0.299 e. The topological polar surface area (TPSA) is 50.8 Å². The van der Waals surface area contributed by atoms with Crippen LogP contribution in [0.25, 0.3) is 0 Å². The Morgan fingerprint density at radius 3 is 2.60 bits per heavy atom. The molecular formula is C17H21N3. The van der Waals surface area contributed by atoms with E-state index in [4.69, 9.17) is 10.5 Å². The molecule has 0 radical (unpaired) electrons. The average molecular weight is 267 g/mol. The number of piperidine rings is 1. The third-order valence-corrected chi connectivity index (χ3v) is 4.58. The van der Waals surface area contributed by atoms with E-state index >= 15 is 0 Å². The van der Waals surface area contributed by atoms with Crippen molar-refractivity contribution in [1.29, 1.82) is 10.5 Å². The molecule has 0 aliphatic carbocycles. The van der Waals surface area contributed by atoms with E-state index in [-0.39, 0.29) is 5.41 Å². The van der Waals surface area contributed by atoms with Crippen LogP contribution in [0.15, 0.2) is 24.3 Å². The maximum atomic E-state index is 8.98. The largest absolute Gasteiger partial charge is 0.299 e. The number of hydrogen-bond donors (Lipinski definition) is 0. The van der Waals surface area contributed by atoms with Gasteiger partial charge in [0.15, 0.2) is 0 Å². The van der Waals surface area contributed by atoms with Crippen LogP contribution in [0, 0.1) is 28.1 Å². The molecule has 0 N–H and O–H groups in total. The zero-order valence-electron chi connectivity index (χ0n) is 12.1. The molecule has 2 rings (SSSR count).